The Hall–Kier alpha value is -0.480. The zero-order chi connectivity index (χ0) is 11.1. The number of hydrogen-bond acceptors (Lipinski definition) is 3. The molecule has 1 heterocycles. The highest BCUT2D eigenvalue weighted by Gasteiger charge is 2.04. The van der Waals surface area contributed by atoms with Gasteiger partial charge in [-0.2, -0.15) is 16.9 Å². The van der Waals surface area contributed by atoms with Gasteiger partial charge in [0, 0.05) is 23.6 Å². The molecule has 0 saturated heterocycles. The Labute approximate surface area is 96.6 Å². The third kappa shape index (κ3) is 3.87. The van der Waals surface area contributed by atoms with Crippen LogP contribution in [0.5, 0.6) is 0 Å². The molecule has 86 valence electrons. The van der Waals surface area contributed by atoms with E-state index in [0.29, 0.717) is 0 Å². The molecule has 0 aliphatic heterocycles. The third-order valence-electron chi connectivity index (χ3n) is 2.42. The molecule has 0 bridgehead atoms. The van der Waals surface area contributed by atoms with E-state index in [1.54, 1.807) is 0 Å². The Bertz CT molecular complexity index is 283. The Morgan fingerprint density at radius 2 is 2.27 bits per heavy atom. The van der Waals surface area contributed by atoms with Crippen LogP contribution < -0.4 is 5.32 Å². The van der Waals surface area contributed by atoms with Crippen molar-refractivity contribution in [2.45, 2.75) is 33.9 Å². The number of hydrogen-bond donors (Lipinski definition) is 1. The fourth-order valence-electron chi connectivity index (χ4n) is 1.44. The summed E-state index contributed by atoms with van der Waals surface area (Å²) in [4.78, 5) is 0. The first-order valence-electron chi connectivity index (χ1n) is 5.59. The molecule has 0 saturated carbocycles. The minimum absolute atomic E-state index is 0.934. The second kappa shape index (κ2) is 6.90. The van der Waals surface area contributed by atoms with Gasteiger partial charge in [0.2, 0.25) is 0 Å². The lowest BCUT2D eigenvalue weighted by Crippen LogP contribution is -2.12. The average Bonchev–Trinajstić information content (AvgIpc) is 2.58. The second-order valence-corrected chi connectivity index (χ2v) is 4.85. The Kier molecular flexibility index (Phi) is 5.79. The molecule has 0 radical (unpaired) electrons. The van der Waals surface area contributed by atoms with E-state index >= 15 is 0 Å². The smallest absolute Gasteiger partial charge is 0.0537 e. The predicted molar refractivity (Wildman–Crippen MR) is 67.3 cm³/mol. The van der Waals surface area contributed by atoms with Crippen LogP contribution in [0.3, 0.4) is 0 Å². The third-order valence-corrected chi connectivity index (χ3v) is 3.30. The summed E-state index contributed by atoms with van der Waals surface area (Å²) in [6, 6.07) is 0. The van der Waals surface area contributed by atoms with Crippen molar-refractivity contribution in [1.82, 2.24) is 15.1 Å². The minimum Gasteiger partial charge on any atom is -0.313 e. The quantitative estimate of drug-likeness (QED) is 0.723. The van der Waals surface area contributed by atoms with Crippen molar-refractivity contribution in [3.63, 3.8) is 0 Å². The molecule has 0 aliphatic carbocycles. The summed E-state index contributed by atoms with van der Waals surface area (Å²) in [5, 5.41) is 7.73. The van der Waals surface area contributed by atoms with Gasteiger partial charge in [-0.25, -0.2) is 0 Å². The molecular formula is C11H21N3S. The normalized spacial score (nSPS) is 10.9. The zero-order valence-electron chi connectivity index (χ0n) is 9.92. The highest BCUT2D eigenvalue weighted by atomic mass is 32.2. The second-order valence-electron chi connectivity index (χ2n) is 3.46. The van der Waals surface area contributed by atoms with Crippen molar-refractivity contribution in [1.29, 1.82) is 0 Å². The molecule has 1 aromatic heterocycles. The van der Waals surface area contributed by atoms with Gasteiger partial charge in [-0.05, 0) is 19.2 Å². The lowest BCUT2D eigenvalue weighted by atomic mass is 10.2. The first-order valence-corrected chi connectivity index (χ1v) is 6.74. The highest BCUT2D eigenvalue weighted by Crippen LogP contribution is 2.08. The van der Waals surface area contributed by atoms with Crippen LogP contribution in [0.25, 0.3) is 0 Å². The standard InChI is InChI=1S/C11H21N3S/c1-4-12-8-11-9-13-14(10(11)3)6-7-15-5-2/h9,12H,4-8H2,1-3H3. The number of aromatic nitrogens is 2. The van der Waals surface area contributed by atoms with Gasteiger partial charge in [0.15, 0.2) is 0 Å². The molecule has 1 aromatic rings. The fourth-order valence-corrected chi connectivity index (χ4v) is 2.03. The number of nitrogens with one attached hydrogen (secondary N) is 1. The van der Waals surface area contributed by atoms with Crippen LogP contribution in [0.2, 0.25) is 0 Å². The van der Waals surface area contributed by atoms with E-state index in [1.807, 2.05) is 18.0 Å². The Morgan fingerprint density at radius 1 is 1.47 bits per heavy atom. The SMILES string of the molecule is CCNCc1cnn(CCSCC)c1C. The molecular weight excluding hydrogens is 206 g/mol. The van der Waals surface area contributed by atoms with E-state index in [1.165, 1.54) is 17.0 Å². The number of thioether (sulfide) groups is 1. The van der Waals surface area contributed by atoms with Crippen LogP contribution in [0, 0.1) is 6.92 Å². The molecule has 4 heteroatoms. The van der Waals surface area contributed by atoms with Crippen molar-refractivity contribution in [3.8, 4) is 0 Å². The van der Waals surface area contributed by atoms with Gasteiger partial charge in [0.05, 0.1) is 12.7 Å². The molecule has 0 atom stereocenters. The molecule has 0 spiro atoms. The van der Waals surface area contributed by atoms with E-state index in [2.05, 4.69) is 35.9 Å². The summed E-state index contributed by atoms with van der Waals surface area (Å²) in [7, 11) is 0. The van der Waals surface area contributed by atoms with Crippen molar-refractivity contribution in [3.05, 3.63) is 17.5 Å². The van der Waals surface area contributed by atoms with Crippen LogP contribution >= 0.6 is 11.8 Å². The molecule has 0 unspecified atom stereocenters. The monoisotopic (exact) mass is 227 g/mol. The van der Waals surface area contributed by atoms with E-state index in [-0.39, 0.29) is 0 Å². The zero-order valence-corrected chi connectivity index (χ0v) is 10.7. The highest BCUT2D eigenvalue weighted by molar-refractivity contribution is 7.99. The van der Waals surface area contributed by atoms with Crippen molar-refractivity contribution in [2.75, 3.05) is 18.1 Å². The van der Waals surface area contributed by atoms with Crippen LogP contribution in [0.4, 0.5) is 0 Å². The van der Waals surface area contributed by atoms with E-state index in [0.717, 1.165) is 25.4 Å². The number of nitrogens with zero attached hydrogens (tertiary/aromatic N) is 2. The van der Waals surface area contributed by atoms with E-state index in [9.17, 15) is 0 Å². The van der Waals surface area contributed by atoms with Crippen molar-refractivity contribution in [2.24, 2.45) is 0 Å². The Balaban J connectivity index is 2.47. The predicted octanol–water partition coefficient (Wildman–Crippen LogP) is 2.05. The summed E-state index contributed by atoms with van der Waals surface area (Å²) in [6.07, 6.45) is 1.98. The first kappa shape index (κ1) is 12.6. The Morgan fingerprint density at radius 3 is 2.93 bits per heavy atom. The topological polar surface area (TPSA) is 29.9 Å². The van der Waals surface area contributed by atoms with Crippen LogP contribution in [0.15, 0.2) is 6.20 Å². The molecule has 15 heavy (non-hydrogen) atoms. The molecule has 0 aliphatic rings. The largest absolute Gasteiger partial charge is 0.313 e. The van der Waals surface area contributed by atoms with Gasteiger partial charge in [0.1, 0.15) is 0 Å². The molecule has 1 rings (SSSR count). The average molecular weight is 227 g/mol. The molecule has 1 N–H and O–H groups in total. The van der Waals surface area contributed by atoms with Crippen molar-refractivity contribution >= 4 is 11.8 Å². The van der Waals surface area contributed by atoms with Gasteiger partial charge in [-0.15, -0.1) is 0 Å². The molecule has 0 aromatic carbocycles. The lowest BCUT2D eigenvalue weighted by molar-refractivity contribution is 0.641. The van der Waals surface area contributed by atoms with E-state index in [4.69, 9.17) is 0 Å². The van der Waals surface area contributed by atoms with Crippen LogP contribution in [-0.4, -0.2) is 27.8 Å². The summed E-state index contributed by atoms with van der Waals surface area (Å²) >= 11 is 1.96. The van der Waals surface area contributed by atoms with Crippen molar-refractivity contribution < 1.29 is 0 Å². The summed E-state index contributed by atoms with van der Waals surface area (Å²) in [5.74, 6) is 2.34. The first-order chi connectivity index (χ1) is 7.29. The molecule has 0 amide bonds. The van der Waals surface area contributed by atoms with Gasteiger partial charge in [0.25, 0.3) is 0 Å². The van der Waals surface area contributed by atoms with Gasteiger partial charge in [-0.1, -0.05) is 13.8 Å². The maximum Gasteiger partial charge on any atom is 0.0537 e. The maximum absolute atomic E-state index is 4.40. The summed E-state index contributed by atoms with van der Waals surface area (Å²) in [5.41, 5.74) is 2.62. The minimum atomic E-state index is 0.934. The summed E-state index contributed by atoms with van der Waals surface area (Å²) < 4.78 is 2.11. The van der Waals surface area contributed by atoms with Crippen LogP contribution in [0.1, 0.15) is 25.1 Å². The van der Waals surface area contributed by atoms with Gasteiger partial charge in [-0.3, -0.25) is 4.68 Å². The maximum atomic E-state index is 4.40. The lowest BCUT2D eigenvalue weighted by Gasteiger charge is -2.05. The fraction of sp³-hybridized carbons (Fsp3) is 0.727. The van der Waals surface area contributed by atoms with Gasteiger partial charge < -0.3 is 5.32 Å². The molecule has 0 fully saturated rings. The summed E-state index contributed by atoms with van der Waals surface area (Å²) in [6.45, 7) is 9.43. The molecule has 3 nitrogen and oxygen atoms in total. The van der Waals surface area contributed by atoms with Gasteiger partial charge >= 0.3 is 0 Å². The van der Waals surface area contributed by atoms with E-state index < -0.39 is 0 Å². The number of rotatable bonds is 7. The number of aryl methyl sites for hydroxylation is 1. The van der Waals surface area contributed by atoms with Crippen LogP contribution in [-0.2, 0) is 13.1 Å².